The van der Waals surface area contributed by atoms with E-state index in [-0.39, 0.29) is 5.91 Å². The van der Waals surface area contributed by atoms with Crippen LogP contribution in [0.1, 0.15) is 23.7 Å². The first-order valence-electron chi connectivity index (χ1n) is 5.59. The Hall–Kier alpha value is -0.580. The van der Waals surface area contributed by atoms with E-state index in [4.69, 9.17) is 11.6 Å². The maximum Gasteiger partial charge on any atom is 0.252 e. The van der Waals surface area contributed by atoms with E-state index in [1.165, 1.54) is 0 Å². The van der Waals surface area contributed by atoms with Crippen LogP contribution in [-0.2, 0) is 0 Å². The minimum Gasteiger partial charge on any atom is -0.352 e. The zero-order valence-corrected chi connectivity index (χ0v) is 12.1. The third kappa shape index (κ3) is 4.66. The lowest BCUT2D eigenvalue weighted by Crippen LogP contribution is -2.27. The predicted octanol–water partition coefficient (Wildman–Crippen LogP) is 2.83. The Morgan fingerprint density at radius 3 is 2.88 bits per heavy atom. The van der Waals surface area contributed by atoms with Crippen LogP contribution in [0.2, 0.25) is 5.02 Å². The minimum atomic E-state index is -0.132. The van der Waals surface area contributed by atoms with Crippen LogP contribution in [0, 0.1) is 0 Å². The summed E-state index contributed by atoms with van der Waals surface area (Å²) in [6.45, 7) is 4.56. The van der Waals surface area contributed by atoms with Gasteiger partial charge in [0.2, 0.25) is 0 Å². The maximum atomic E-state index is 11.8. The number of nitrogens with one attached hydrogen (secondary N) is 2. The highest BCUT2D eigenvalue weighted by atomic mass is 79.9. The van der Waals surface area contributed by atoms with Gasteiger partial charge < -0.3 is 10.6 Å². The van der Waals surface area contributed by atoms with Gasteiger partial charge in [0.15, 0.2) is 0 Å². The fourth-order valence-corrected chi connectivity index (χ4v) is 1.94. The van der Waals surface area contributed by atoms with Gasteiger partial charge in [-0.25, -0.2) is 0 Å². The number of hydrogen-bond donors (Lipinski definition) is 2. The number of rotatable bonds is 6. The fourth-order valence-electron chi connectivity index (χ4n) is 1.37. The topological polar surface area (TPSA) is 41.1 Å². The van der Waals surface area contributed by atoms with Gasteiger partial charge in [0.1, 0.15) is 0 Å². The Morgan fingerprint density at radius 1 is 1.41 bits per heavy atom. The van der Waals surface area contributed by atoms with Gasteiger partial charge in [-0.2, -0.15) is 0 Å². The zero-order valence-electron chi connectivity index (χ0n) is 9.72. The van der Waals surface area contributed by atoms with Crippen molar-refractivity contribution in [2.24, 2.45) is 0 Å². The van der Waals surface area contributed by atoms with E-state index >= 15 is 0 Å². The van der Waals surface area contributed by atoms with E-state index in [9.17, 15) is 4.79 Å². The normalized spacial score (nSPS) is 10.3. The largest absolute Gasteiger partial charge is 0.352 e. The molecule has 0 saturated heterocycles. The molecule has 0 aliphatic heterocycles. The Bertz CT molecular complexity index is 385. The van der Waals surface area contributed by atoms with Crippen LogP contribution >= 0.6 is 27.5 Å². The Balaban J connectivity index is 2.44. The molecule has 0 aromatic heterocycles. The van der Waals surface area contributed by atoms with Crippen molar-refractivity contribution in [2.45, 2.75) is 13.3 Å². The van der Waals surface area contributed by atoms with Crippen molar-refractivity contribution in [1.82, 2.24) is 10.6 Å². The predicted molar refractivity (Wildman–Crippen MR) is 74.6 cm³/mol. The molecule has 1 aromatic rings. The highest BCUT2D eigenvalue weighted by Crippen LogP contribution is 2.25. The molecule has 94 valence electrons. The van der Waals surface area contributed by atoms with E-state index in [0.717, 1.165) is 24.0 Å². The van der Waals surface area contributed by atoms with E-state index in [2.05, 4.69) is 33.5 Å². The molecular formula is C12H16BrClN2O. The van der Waals surface area contributed by atoms with Crippen molar-refractivity contribution in [1.29, 1.82) is 0 Å². The quantitative estimate of drug-likeness (QED) is 0.792. The lowest BCUT2D eigenvalue weighted by atomic mass is 10.2. The number of carbonyl (C=O) groups is 1. The summed E-state index contributed by atoms with van der Waals surface area (Å²) in [6, 6.07) is 5.32. The molecule has 0 heterocycles. The summed E-state index contributed by atoms with van der Waals surface area (Å²) in [5, 5.41) is 6.49. The van der Waals surface area contributed by atoms with Crippen LogP contribution in [0.3, 0.4) is 0 Å². The second-order valence-corrected chi connectivity index (χ2v) is 4.80. The molecule has 0 spiro atoms. The molecule has 0 atom stereocenters. The highest BCUT2D eigenvalue weighted by molar-refractivity contribution is 9.10. The van der Waals surface area contributed by atoms with Gasteiger partial charge in [-0.05, 0) is 47.6 Å². The summed E-state index contributed by atoms with van der Waals surface area (Å²) in [5.41, 5.74) is 0.504. The number of hydrogen-bond acceptors (Lipinski definition) is 2. The lowest BCUT2D eigenvalue weighted by molar-refractivity contribution is 0.0953. The number of carbonyl (C=O) groups excluding carboxylic acids is 1. The fraction of sp³-hybridized carbons (Fsp3) is 0.417. The number of amides is 1. The van der Waals surface area contributed by atoms with Crippen molar-refractivity contribution in [3.05, 3.63) is 33.3 Å². The minimum absolute atomic E-state index is 0.132. The second-order valence-electron chi connectivity index (χ2n) is 3.56. The van der Waals surface area contributed by atoms with E-state index in [0.29, 0.717) is 17.1 Å². The second kappa shape index (κ2) is 7.69. The molecule has 1 rings (SSSR count). The highest BCUT2D eigenvalue weighted by Gasteiger charge is 2.11. The molecule has 0 bridgehead atoms. The smallest absolute Gasteiger partial charge is 0.252 e. The zero-order chi connectivity index (χ0) is 12.7. The van der Waals surface area contributed by atoms with Gasteiger partial charge in [0, 0.05) is 11.0 Å². The van der Waals surface area contributed by atoms with Gasteiger partial charge in [0.05, 0.1) is 10.6 Å². The van der Waals surface area contributed by atoms with Gasteiger partial charge >= 0.3 is 0 Å². The average Bonchev–Trinajstić information content (AvgIpc) is 2.32. The SMILES string of the molecule is CCNCCCNC(=O)c1cccc(Br)c1Cl. The summed E-state index contributed by atoms with van der Waals surface area (Å²) in [5.74, 6) is -0.132. The third-order valence-electron chi connectivity index (χ3n) is 2.26. The summed E-state index contributed by atoms with van der Waals surface area (Å²) in [6.07, 6.45) is 0.908. The van der Waals surface area contributed by atoms with Crippen molar-refractivity contribution >= 4 is 33.4 Å². The van der Waals surface area contributed by atoms with Crippen molar-refractivity contribution in [3.63, 3.8) is 0 Å². The molecular weight excluding hydrogens is 304 g/mol. The average molecular weight is 320 g/mol. The molecule has 0 radical (unpaired) electrons. The van der Waals surface area contributed by atoms with Crippen LogP contribution in [0.4, 0.5) is 0 Å². The number of halogens is 2. The van der Waals surface area contributed by atoms with Gasteiger partial charge in [-0.1, -0.05) is 24.6 Å². The first-order chi connectivity index (χ1) is 8.16. The van der Waals surface area contributed by atoms with Crippen molar-refractivity contribution in [3.8, 4) is 0 Å². The summed E-state index contributed by atoms with van der Waals surface area (Å²) in [4.78, 5) is 11.8. The van der Waals surface area contributed by atoms with Gasteiger partial charge in [-0.3, -0.25) is 4.79 Å². The monoisotopic (exact) mass is 318 g/mol. The molecule has 0 unspecified atom stereocenters. The molecule has 2 N–H and O–H groups in total. The molecule has 0 fully saturated rings. The standard InChI is InChI=1S/C12H16BrClN2O/c1-2-15-7-4-8-16-12(17)9-5-3-6-10(13)11(9)14/h3,5-6,15H,2,4,7-8H2,1H3,(H,16,17). The molecule has 3 nitrogen and oxygen atoms in total. The third-order valence-corrected chi connectivity index (χ3v) is 3.56. The molecule has 0 saturated carbocycles. The molecule has 0 aliphatic rings. The van der Waals surface area contributed by atoms with Crippen molar-refractivity contribution < 1.29 is 4.79 Å². The molecule has 1 amide bonds. The number of benzene rings is 1. The first-order valence-corrected chi connectivity index (χ1v) is 6.76. The Morgan fingerprint density at radius 2 is 2.18 bits per heavy atom. The van der Waals surface area contributed by atoms with E-state index < -0.39 is 0 Å². The maximum absolute atomic E-state index is 11.8. The van der Waals surface area contributed by atoms with Crippen LogP contribution in [0.25, 0.3) is 0 Å². The van der Waals surface area contributed by atoms with Crippen LogP contribution in [-0.4, -0.2) is 25.5 Å². The van der Waals surface area contributed by atoms with Crippen LogP contribution in [0.5, 0.6) is 0 Å². The molecule has 0 aliphatic carbocycles. The molecule has 5 heteroatoms. The van der Waals surface area contributed by atoms with Crippen LogP contribution in [0.15, 0.2) is 22.7 Å². The molecule has 1 aromatic carbocycles. The summed E-state index contributed by atoms with van der Waals surface area (Å²) < 4.78 is 0.736. The molecule has 17 heavy (non-hydrogen) atoms. The van der Waals surface area contributed by atoms with E-state index in [1.54, 1.807) is 12.1 Å². The summed E-state index contributed by atoms with van der Waals surface area (Å²) >= 11 is 9.33. The van der Waals surface area contributed by atoms with E-state index in [1.807, 2.05) is 6.07 Å². The van der Waals surface area contributed by atoms with Crippen LogP contribution < -0.4 is 10.6 Å². The van der Waals surface area contributed by atoms with Gasteiger partial charge in [-0.15, -0.1) is 0 Å². The lowest BCUT2D eigenvalue weighted by Gasteiger charge is -2.07. The Kier molecular flexibility index (Phi) is 6.55. The summed E-state index contributed by atoms with van der Waals surface area (Å²) in [7, 11) is 0. The van der Waals surface area contributed by atoms with Gasteiger partial charge in [0.25, 0.3) is 5.91 Å². The Labute approximate surface area is 115 Å². The first kappa shape index (κ1) is 14.5. The van der Waals surface area contributed by atoms with Crippen molar-refractivity contribution in [2.75, 3.05) is 19.6 Å².